The summed E-state index contributed by atoms with van der Waals surface area (Å²) >= 11 is 6.22. The number of phenols is 1. The van der Waals surface area contributed by atoms with Gasteiger partial charge in [0.15, 0.2) is 11.5 Å². The van der Waals surface area contributed by atoms with Crippen LogP contribution in [-0.4, -0.2) is 45.0 Å². The largest absolute Gasteiger partial charge is 0.504 e. The third-order valence-corrected chi connectivity index (χ3v) is 4.30. The van der Waals surface area contributed by atoms with Crippen LogP contribution in [0.1, 0.15) is 12.0 Å². The smallest absolute Gasteiger partial charge is 0.305 e. The highest BCUT2D eigenvalue weighted by atomic mass is 32.2. The Balaban J connectivity index is 2.21. The summed E-state index contributed by atoms with van der Waals surface area (Å²) in [5, 5.41) is 18.2. The lowest BCUT2D eigenvalue weighted by molar-refractivity contribution is -0.137. The molecule has 1 aromatic rings. The molecule has 0 spiro atoms. The number of benzene rings is 1. The minimum atomic E-state index is -0.985. The van der Waals surface area contributed by atoms with Gasteiger partial charge in [-0.2, -0.15) is 0 Å². The Kier molecular flexibility index (Phi) is 5.04. The molecule has 6 nitrogen and oxygen atoms in total. The van der Waals surface area contributed by atoms with Crippen LogP contribution in [0.4, 0.5) is 0 Å². The fourth-order valence-corrected chi connectivity index (χ4v) is 3.14. The fourth-order valence-electron chi connectivity index (χ4n) is 1.84. The number of carbonyl (C=O) groups excluding carboxylic acids is 1. The topological polar surface area (TPSA) is 87.1 Å². The second kappa shape index (κ2) is 6.80. The molecule has 1 fully saturated rings. The van der Waals surface area contributed by atoms with Crippen molar-refractivity contribution in [2.45, 2.75) is 6.42 Å². The van der Waals surface area contributed by atoms with E-state index in [9.17, 15) is 14.7 Å². The van der Waals surface area contributed by atoms with Crippen LogP contribution in [0.25, 0.3) is 6.08 Å². The van der Waals surface area contributed by atoms with Crippen molar-refractivity contribution in [2.24, 2.45) is 0 Å². The van der Waals surface area contributed by atoms with Crippen molar-refractivity contribution in [3.63, 3.8) is 0 Å². The minimum Gasteiger partial charge on any atom is -0.504 e. The number of thiocarbonyl (C=S) groups is 1. The lowest BCUT2D eigenvalue weighted by atomic mass is 10.2. The number of phenolic OH excluding ortho intramolecular Hbond substituents is 1. The number of nitrogens with zero attached hydrogens (tertiary/aromatic N) is 1. The van der Waals surface area contributed by atoms with Crippen LogP contribution >= 0.6 is 24.0 Å². The number of rotatable bonds is 5. The van der Waals surface area contributed by atoms with Gasteiger partial charge in [0.1, 0.15) is 4.32 Å². The molecule has 116 valence electrons. The van der Waals surface area contributed by atoms with Gasteiger partial charge in [-0.15, -0.1) is 0 Å². The van der Waals surface area contributed by atoms with Crippen LogP contribution in [0.15, 0.2) is 23.1 Å². The molecule has 0 radical (unpaired) electrons. The number of aromatic hydroxyl groups is 1. The van der Waals surface area contributed by atoms with Crippen LogP contribution in [0.2, 0.25) is 0 Å². The molecule has 0 aromatic heterocycles. The van der Waals surface area contributed by atoms with Gasteiger partial charge >= 0.3 is 5.97 Å². The minimum absolute atomic E-state index is 0.00802. The number of ether oxygens (including phenoxy) is 1. The highest BCUT2D eigenvalue weighted by Crippen LogP contribution is 2.34. The molecule has 1 saturated heterocycles. The molecule has 0 unspecified atom stereocenters. The maximum absolute atomic E-state index is 12.2. The van der Waals surface area contributed by atoms with E-state index in [0.717, 1.165) is 11.8 Å². The molecular weight excluding hydrogens is 326 g/mol. The zero-order chi connectivity index (χ0) is 16.3. The lowest BCUT2D eigenvalue weighted by Crippen LogP contribution is -2.30. The Morgan fingerprint density at radius 3 is 2.86 bits per heavy atom. The maximum Gasteiger partial charge on any atom is 0.305 e. The predicted molar refractivity (Wildman–Crippen MR) is 86.8 cm³/mol. The lowest BCUT2D eigenvalue weighted by Gasteiger charge is -2.12. The summed E-state index contributed by atoms with van der Waals surface area (Å²) in [6.07, 6.45) is 1.47. The first-order chi connectivity index (χ1) is 10.4. The molecule has 0 atom stereocenters. The molecule has 1 amide bonds. The molecule has 0 saturated carbocycles. The van der Waals surface area contributed by atoms with E-state index in [2.05, 4.69) is 0 Å². The number of carboxylic acids is 1. The number of hydrogen-bond donors (Lipinski definition) is 2. The molecule has 0 bridgehead atoms. The van der Waals surface area contributed by atoms with Crippen LogP contribution in [-0.2, 0) is 9.59 Å². The molecular formula is C14H13NO5S2. The highest BCUT2D eigenvalue weighted by molar-refractivity contribution is 8.26. The van der Waals surface area contributed by atoms with E-state index in [0.29, 0.717) is 20.5 Å². The van der Waals surface area contributed by atoms with Crippen molar-refractivity contribution in [3.8, 4) is 11.5 Å². The first-order valence-corrected chi connectivity index (χ1v) is 7.49. The maximum atomic E-state index is 12.2. The zero-order valence-corrected chi connectivity index (χ0v) is 13.2. The number of amides is 1. The van der Waals surface area contributed by atoms with Crippen LogP contribution in [0, 0.1) is 0 Å². The van der Waals surface area contributed by atoms with E-state index >= 15 is 0 Å². The molecule has 1 aliphatic rings. The summed E-state index contributed by atoms with van der Waals surface area (Å²) in [6, 6.07) is 4.70. The molecule has 1 aromatic carbocycles. The molecule has 2 N–H and O–H groups in total. The first kappa shape index (κ1) is 16.3. The molecule has 2 rings (SSSR count). The second-order valence-electron chi connectivity index (χ2n) is 4.41. The monoisotopic (exact) mass is 339 g/mol. The third kappa shape index (κ3) is 3.58. The van der Waals surface area contributed by atoms with Gasteiger partial charge in [0.05, 0.1) is 18.4 Å². The van der Waals surface area contributed by atoms with Gasteiger partial charge in [-0.1, -0.05) is 30.0 Å². The predicted octanol–water partition coefficient (Wildman–Crippen LogP) is 2.08. The number of aliphatic carboxylic acids is 1. The zero-order valence-electron chi connectivity index (χ0n) is 11.6. The van der Waals surface area contributed by atoms with E-state index in [1.54, 1.807) is 18.2 Å². The molecule has 22 heavy (non-hydrogen) atoms. The van der Waals surface area contributed by atoms with E-state index in [1.807, 2.05) is 0 Å². The third-order valence-electron chi connectivity index (χ3n) is 2.92. The summed E-state index contributed by atoms with van der Waals surface area (Å²) in [5.41, 5.74) is 0.674. The van der Waals surface area contributed by atoms with Crippen molar-refractivity contribution >= 4 is 46.3 Å². The Morgan fingerprint density at radius 1 is 1.50 bits per heavy atom. The van der Waals surface area contributed by atoms with Gasteiger partial charge in [0, 0.05) is 6.54 Å². The fraction of sp³-hybridized carbons (Fsp3) is 0.214. The van der Waals surface area contributed by atoms with E-state index in [-0.39, 0.29) is 24.6 Å². The number of hydrogen-bond acceptors (Lipinski definition) is 6. The molecule has 1 heterocycles. The van der Waals surface area contributed by atoms with Gasteiger partial charge < -0.3 is 14.9 Å². The standard InChI is InChI=1S/C14H13NO5S2/c1-20-10-6-8(2-3-9(10)16)7-11-13(19)15(14(21)22-11)5-4-12(17)18/h2-3,6-7,16H,4-5H2,1H3,(H,17,18)/b11-7+. The van der Waals surface area contributed by atoms with Crippen molar-refractivity contribution in [1.82, 2.24) is 4.90 Å². The molecule has 8 heteroatoms. The normalized spacial score (nSPS) is 16.4. The van der Waals surface area contributed by atoms with Gasteiger partial charge in [0.25, 0.3) is 5.91 Å². The summed E-state index contributed by atoms with van der Waals surface area (Å²) in [4.78, 5) is 24.5. The van der Waals surface area contributed by atoms with Gasteiger partial charge in [-0.3, -0.25) is 14.5 Å². The Morgan fingerprint density at radius 2 is 2.23 bits per heavy atom. The summed E-state index contributed by atoms with van der Waals surface area (Å²) < 4.78 is 5.35. The Bertz CT molecular complexity index is 671. The average Bonchev–Trinajstić information content (AvgIpc) is 2.73. The van der Waals surface area contributed by atoms with Crippen LogP contribution in [0.5, 0.6) is 11.5 Å². The first-order valence-electron chi connectivity index (χ1n) is 6.26. The molecule has 0 aliphatic carbocycles. The van der Waals surface area contributed by atoms with Crippen LogP contribution < -0.4 is 4.74 Å². The van der Waals surface area contributed by atoms with Crippen LogP contribution in [0.3, 0.4) is 0 Å². The van der Waals surface area contributed by atoms with Crippen molar-refractivity contribution in [2.75, 3.05) is 13.7 Å². The average molecular weight is 339 g/mol. The second-order valence-corrected chi connectivity index (χ2v) is 6.08. The SMILES string of the molecule is COc1cc(/C=C2/SC(=S)N(CCC(=O)O)C2=O)ccc1O. The van der Waals surface area contributed by atoms with E-state index in [4.69, 9.17) is 22.1 Å². The number of carboxylic acid groups (broad SMARTS) is 1. The summed E-state index contributed by atoms with van der Waals surface area (Å²) in [6.45, 7) is 0.0518. The van der Waals surface area contributed by atoms with E-state index in [1.165, 1.54) is 18.1 Å². The van der Waals surface area contributed by atoms with Gasteiger partial charge in [-0.05, 0) is 23.8 Å². The van der Waals surface area contributed by atoms with Crippen molar-refractivity contribution in [3.05, 3.63) is 28.7 Å². The summed E-state index contributed by atoms with van der Waals surface area (Å²) in [7, 11) is 1.43. The molecule has 1 aliphatic heterocycles. The quantitative estimate of drug-likeness (QED) is 0.627. The highest BCUT2D eigenvalue weighted by Gasteiger charge is 2.32. The number of thioether (sulfide) groups is 1. The van der Waals surface area contributed by atoms with E-state index < -0.39 is 5.97 Å². The number of methoxy groups -OCH3 is 1. The van der Waals surface area contributed by atoms with Crippen molar-refractivity contribution in [1.29, 1.82) is 0 Å². The van der Waals surface area contributed by atoms with Gasteiger partial charge in [0.2, 0.25) is 0 Å². The van der Waals surface area contributed by atoms with Gasteiger partial charge in [-0.25, -0.2) is 0 Å². The summed E-state index contributed by atoms with van der Waals surface area (Å²) in [5.74, 6) is -0.992. The number of carbonyl (C=O) groups is 2. The van der Waals surface area contributed by atoms with Crippen molar-refractivity contribution < 1.29 is 24.5 Å². The Hall–Kier alpha value is -2.06. The Labute approximate surface area is 136 Å².